The fourth-order valence-corrected chi connectivity index (χ4v) is 3.10. The molecule has 30 heavy (non-hydrogen) atoms. The van der Waals surface area contributed by atoms with E-state index in [-0.39, 0.29) is 27.9 Å². The number of benzene rings is 3. The van der Waals surface area contributed by atoms with Crippen LogP contribution in [0.25, 0.3) is 22.3 Å². The molecular formula is C22H14F3N3O2. The summed E-state index contributed by atoms with van der Waals surface area (Å²) in [6.07, 6.45) is -4.67. The minimum absolute atomic E-state index is 0.166. The predicted octanol–water partition coefficient (Wildman–Crippen LogP) is 4.47. The van der Waals surface area contributed by atoms with Gasteiger partial charge < -0.3 is 0 Å². The van der Waals surface area contributed by atoms with Gasteiger partial charge in [0.25, 0.3) is 11.5 Å². The lowest BCUT2D eigenvalue weighted by Crippen LogP contribution is -2.35. The normalized spacial score (nSPS) is 11.4. The summed E-state index contributed by atoms with van der Waals surface area (Å²) in [5.74, 6) is -0.962. The molecule has 0 spiro atoms. The van der Waals surface area contributed by atoms with Crippen molar-refractivity contribution in [1.29, 1.82) is 0 Å². The van der Waals surface area contributed by atoms with E-state index < -0.39 is 23.2 Å². The van der Waals surface area contributed by atoms with Gasteiger partial charge in [0.2, 0.25) is 0 Å². The van der Waals surface area contributed by atoms with Gasteiger partial charge in [-0.05, 0) is 30.3 Å². The molecule has 0 fully saturated rings. The number of rotatable bonds is 3. The number of hydrogen-bond acceptors (Lipinski definition) is 3. The molecule has 0 unspecified atom stereocenters. The minimum atomic E-state index is -4.67. The SMILES string of the molecule is O=C(Nn1c(-c2ccccc2C(F)(F)F)nc2ccccc2c1=O)c1ccccc1. The number of nitrogens with one attached hydrogen (secondary N) is 1. The summed E-state index contributed by atoms with van der Waals surface area (Å²) in [4.78, 5) is 30.0. The van der Waals surface area contributed by atoms with Crippen LogP contribution in [0.15, 0.2) is 83.7 Å². The predicted molar refractivity (Wildman–Crippen MR) is 107 cm³/mol. The average Bonchev–Trinajstić information content (AvgIpc) is 2.75. The van der Waals surface area contributed by atoms with Gasteiger partial charge in [-0.1, -0.05) is 48.5 Å². The Morgan fingerprint density at radius 1 is 0.867 bits per heavy atom. The molecule has 5 nitrogen and oxygen atoms in total. The minimum Gasteiger partial charge on any atom is -0.267 e. The van der Waals surface area contributed by atoms with Crippen molar-refractivity contribution in [2.24, 2.45) is 0 Å². The quantitative estimate of drug-likeness (QED) is 0.543. The second kappa shape index (κ2) is 7.47. The number of aromatic nitrogens is 2. The molecule has 150 valence electrons. The summed E-state index contributed by atoms with van der Waals surface area (Å²) in [5.41, 5.74) is 0.900. The lowest BCUT2D eigenvalue weighted by atomic mass is 10.1. The van der Waals surface area contributed by atoms with Crippen LogP contribution in [-0.4, -0.2) is 15.6 Å². The van der Waals surface area contributed by atoms with E-state index >= 15 is 0 Å². The Kier molecular flexibility index (Phi) is 4.83. The Hall–Kier alpha value is -3.94. The Bertz CT molecular complexity index is 1300. The third kappa shape index (κ3) is 3.55. The molecule has 0 bridgehead atoms. The van der Waals surface area contributed by atoms with Crippen molar-refractivity contribution < 1.29 is 18.0 Å². The Labute approximate surface area is 168 Å². The van der Waals surface area contributed by atoms with Gasteiger partial charge in [-0.15, -0.1) is 0 Å². The number of amides is 1. The van der Waals surface area contributed by atoms with E-state index in [0.29, 0.717) is 0 Å². The maximum Gasteiger partial charge on any atom is 0.417 e. The molecule has 0 saturated heterocycles. The highest BCUT2D eigenvalue weighted by Crippen LogP contribution is 2.36. The maximum atomic E-state index is 13.6. The highest BCUT2D eigenvalue weighted by Gasteiger charge is 2.34. The van der Waals surface area contributed by atoms with Crippen LogP contribution in [0, 0.1) is 0 Å². The molecule has 4 aromatic rings. The highest BCUT2D eigenvalue weighted by molar-refractivity contribution is 6.00. The number of halogens is 3. The van der Waals surface area contributed by atoms with Crippen LogP contribution in [-0.2, 0) is 6.18 Å². The molecule has 3 aromatic carbocycles. The zero-order chi connectivity index (χ0) is 21.3. The smallest absolute Gasteiger partial charge is 0.267 e. The van der Waals surface area contributed by atoms with Gasteiger partial charge in [0, 0.05) is 11.1 Å². The summed E-state index contributed by atoms with van der Waals surface area (Å²) >= 11 is 0. The van der Waals surface area contributed by atoms with Crippen molar-refractivity contribution in [1.82, 2.24) is 9.66 Å². The first-order valence-corrected chi connectivity index (χ1v) is 8.91. The van der Waals surface area contributed by atoms with E-state index in [1.54, 1.807) is 30.3 Å². The van der Waals surface area contributed by atoms with Gasteiger partial charge >= 0.3 is 6.18 Å². The van der Waals surface area contributed by atoms with Crippen LogP contribution in [0.5, 0.6) is 0 Å². The van der Waals surface area contributed by atoms with Crippen molar-refractivity contribution >= 4 is 16.8 Å². The fourth-order valence-electron chi connectivity index (χ4n) is 3.10. The van der Waals surface area contributed by atoms with Crippen LogP contribution < -0.4 is 11.0 Å². The molecule has 4 rings (SSSR count). The zero-order valence-electron chi connectivity index (χ0n) is 15.4. The number of alkyl halides is 3. The fraction of sp³-hybridized carbons (Fsp3) is 0.0455. The van der Waals surface area contributed by atoms with Gasteiger partial charge in [0.05, 0.1) is 16.5 Å². The summed E-state index contributed by atoms with van der Waals surface area (Å²) in [7, 11) is 0. The standard InChI is InChI=1S/C22H14F3N3O2/c23-22(24,25)17-12-6-4-10-15(17)19-26-18-13-7-5-11-16(18)21(30)28(19)27-20(29)14-8-2-1-3-9-14/h1-13H,(H,27,29). The summed E-state index contributed by atoms with van der Waals surface area (Å²) in [6, 6.07) is 19.1. The number of fused-ring (bicyclic) bond motifs is 1. The number of carbonyl (C=O) groups excluding carboxylic acids is 1. The monoisotopic (exact) mass is 409 g/mol. The van der Waals surface area contributed by atoms with Crippen molar-refractivity contribution in [2.75, 3.05) is 5.43 Å². The molecule has 8 heteroatoms. The maximum absolute atomic E-state index is 13.6. The molecule has 1 heterocycles. The van der Waals surface area contributed by atoms with E-state index in [1.807, 2.05) is 0 Å². The molecule has 0 aliphatic heterocycles. The third-order valence-corrected chi connectivity index (χ3v) is 4.50. The average molecular weight is 409 g/mol. The summed E-state index contributed by atoms with van der Waals surface area (Å²) in [5, 5.41) is 0.166. The Morgan fingerprint density at radius 3 is 2.23 bits per heavy atom. The summed E-state index contributed by atoms with van der Waals surface area (Å²) < 4.78 is 41.6. The second-order valence-corrected chi connectivity index (χ2v) is 6.44. The van der Waals surface area contributed by atoms with Crippen LogP contribution in [0.3, 0.4) is 0 Å². The molecular weight excluding hydrogens is 395 g/mol. The first-order valence-electron chi connectivity index (χ1n) is 8.91. The Morgan fingerprint density at radius 2 is 1.50 bits per heavy atom. The van der Waals surface area contributed by atoms with E-state index in [2.05, 4.69) is 10.4 Å². The van der Waals surface area contributed by atoms with E-state index in [1.165, 1.54) is 42.5 Å². The molecule has 0 aliphatic carbocycles. The van der Waals surface area contributed by atoms with E-state index in [0.717, 1.165) is 10.7 Å². The van der Waals surface area contributed by atoms with Crippen LogP contribution in [0.2, 0.25) is 0 Å². The number of carbonyl (C=O) groups is 1. The topological polar surface area (TPSA) is 64.0 Å². The Balaban J connectivity index is 1.97. The molecule has 1 amide bonds. The number of nitrogens with zero attached hydrogens (tertiary/aromatic N) is 2. The van der Waals surface area contributed by atoms with Gasteiger partial charge in [-0.2, -0.15) is 17.8 Å². The molecule has 1 aromatic heterocycles. The van der Waals surface area contributed by atoms with Crippen molar-refractivity contribution in [3.63, 3.8) is 0 Å². The molecule has 0 saturated carbocycles. The lowest BCUT2D eigenvalue weighted by Gasteiger charge is -2.18. The summed E-state index contributed by atoms with van der Waals surface area (Å²) in [6.45, 7) is 0. The largest absolute Gasteiger partial charge is 0.417 e. The first-order chi connectivity index (χ1) is 14.4. The van der Waals surface area contributed by atoms with Crippen LogP contribution in [0.4, 0.5) is 13.2 Å². The highest BCUT2D eigenvalue weighted by atomic mass is 19.4. The molecule has 0 atom stereocenters. The van der Waals surface area contributed by atoms with Gasteiger partial charge in [0.15, 0.2) is 5.82 Å². The van der Waals surface area contributed by atoms with Crippen LogP contribution >= 0.6 is 0 Å². The third-order valence-electron chi connectivity index (χ3n) is 4.50. The number of hydrogen-bond donors (Lipinski definition) is 1. The number of para-hydroxylation sites is 1. The van der Waals surface area contributed by atoms with Crippen LogP contribution in [0.1, 0.15) is 15.9 Å². The van der Waals surface area contributed by atoms with Gasteiger partial charge in [-0.25, -0.2) is 4.98 Å². The zero-order valence-corrected chi connectivity index (χ0v) is 15.4. The van der Waals surface area contributed by atoms with Crippen molar-refractivity contribution in [2.45, 2.75) is 6.18 Å². The van der Waals surface area contributed by atoms with Gasteiger partial charge in [0.1, 0.15) is 0 Å². The van der Waals surface area contributed by atoms with Gasteiger partial charge in [-0.3, -0.25) is 15.0 Å². The second-order valence-electron chi connectivity index (χ2n) is 6.44. The van der Waals surface area contributed by atoms with E-state index in [4.69, 9.17) is 0 Å². The molecule has 0 radical (unpaired) electrons. The first kappa shape index (κ1) is 19.4. The van der Waals surface area contributed by atoms with E-state index in [9.17, 15) is 22.8 Å². The van der Waals surface area contributed by atoms with Crippen molar-refractivity contribution in [3.8, 4) is 11.4 Å². The van der Waals surface area contributed by atoms with Crippen molar-refractivity contribution in [3.05, 3.63) is 100 Å². The molecule has 1 N–H and O–H groups in total. The lowest BCUT2D eigenvalue weighted by molar-refractivity contribution is -0.137. The molecule has 0 aliphatic rings.